The monoisotopic (exact) mass is 375 g/mol. The van der Waals surface area contributed by atoms with Crippen LogP contribution < -0.4 is 5.32 Å². The van der Waals surface area contributed by atoms with Gasteiger partial charge in [-0.3, -0.25) is 9.78 Å². The summed E-state index contributed by atoms with van der Waals surface area (Å²) in [6, 6.07) is 9.78. The average Bonchev–Trinajstić information content (AvgIpc) is 3.34. The Kier molecular flexibility index (Phi) is 3.85. The molecule has 5 rings (SSSR count). The Morgan fingerprint density at radius 3 is 2.96 bits per heavy atom. The maximum Gasteiger partial charge on any atom is 0.306 e. The van der Waals surface area contributed by atoms with Crippen molar-refractivity contribution in [2.45, 2.75) is 25.3 Å². The number of aliphatic carboxylic acids is 1. The van der Waals surface area contributed by atoms with Gasteiger partial charge in [0.25, 0.3) is 0 Å². The van der Waals surface area contributed by atoms with Crippen LogP contribution in [0.15, 0.2) is 42.7 Å². The molecule has 1 aliphatic rings. The second kappa shape index (κ2) is 6.52. The van der Waals surface area contributed by atoms with Crippen molar-refractivity contribution in [2.24, 2.45) is 5.92 Å². The van der Waals surface area contributed by atoms with E-state index < -0.39 is 5.97 Å². The zero-order chi connectivity index (χ0) is 19.1. The molecule has 9 nitrogen and oxygen atoms in total. The van der Waals surface area contributed by atoms with Crippen LogP contribution in [-0.4, -0.2) is 47.1 Å². The number of hydrogen-bond donors (Lipinski definition) is 2. The predicted octanol–water partition coefficient (Wildman–Crippen LogP) is 2.42. The van der Waals surface area contributed by atoms with Gasteiger partial charge in [0.1, 0.15) is 0 Å². The lowest BCUT2D eigenvalue weighted by Crippen LogP contribution is -2.19. The number of hydrogen-bond acceptors (Lipinski definition) is 7. The topological polar surface area (TPSA) is 119 Å². The van der Waals surface area contributed by atoms with Crippen LogP contribution in [0.1, 0.15) is 19.3 Å². The molecule has 1 aliphatic carbocycles. The summed E-state index contributed by atoms with van der Waals surface area (Å²) in [4.78, 5) is 24.4. The third kappa shape index (κ3) is 2.90. The highest BCUT2D eigenvalue weighted by Crippen LogP contribution is 2.28. The van der Waals surface area contributed by atoms with Gasteiger partial charge in [-0.15, -0.1) is 5.10 Å². The van der Waals surface area contributed by atoms with E-state index in [1.54, 1.807) is 17.1 Å². The minimum absolute atomic E-state index is 0.0506. The number of nitrogens with zero attached hydrogens (tertiary/aromatic N) is 6. The molecule has 0 amide bonds. The standard InChI is InChI=1S/C19H17N7O2/c27-18(28)12-3-4-13(8-12)22-19-21-10-16-17(23-19)26(25-24-16)14-5-6-15-11(9-14)2-1-7-20-15/h1-2,5-7,9-10,12-13H,3-4,8H2,(H,27,28)(H,21,22,23)/t12-,13+/m0/s1. The van der Waals surface area contributed by atoms with E-state index in [2.05, 4.69) is 30.6 Å². The van der Waals surface area contributed by atoms with E-state index in [-0.39, 0.29) is 12.0 Å². The third-order valence-electron chi connectivity index (χ3n) is 5.14. The van der Waals surface area contributed by atoms with Gasteiger partial charge in [0.05, 0.1) is 23.3 Å². The van der Waals surface area contributed by atoms with E-state index in [9.17, 15) is 4.79 Å². The van der Waals surface area contributed by atoms with Gasteiger partial charge in [-0.2, -0.15) is 9.67 Å². The first-order chi connectivity index (χ1) is 13.7. The molecule has 0 unspecified atom stereocenters. The van der Waals surface area contributed by atoms with Crippen LogP contribution in [0.25, 0.3) is 27.8 Å². The minimum atomic E-state index is -0.742. The van der Waals surface area contributed by atoms with Gasteiger partial charge in [0.15, 0.2) is 11.2 Å². The van der Waals surface area contributed by atoms with Crippen molar-refractivity contribution in [1.29, 1.82) is 0 Å². The maximum atomic E-state index is 11.2. The number of fused-ring (bicyclic) bond motifs is 2. The molecule has 0 saturated heterocycles. The van der Waals surface area contributed by atoms with Crippen molar-refractivity contribution in [1.82, 2.24) is 29.9 Å². The fourth-order valence-corrected chi connectivity index (χ4v) is 3.69. The molecule has 0 spiro atoms. The lowest BCUT2D eigenvalue weighted by molar-refractivity contribution is -0.141. The third-order valence-corrected chi connectivity index (χ3v) is 5.14. The SMILES string of the molecule is O=C(O)[C@H]1CC[C@@H](Nc2ncc3nnn(-c4ccc5ncccc5c4)c3n2)C1. The first-order valence-corrected chi connectivity index (χ1v) is 9.10. The Labute approximate surface area is 159 Å². The average molecular weight is 375 g/mol. The van der Waals surface area contributed by atoms with Crippen LogP contribution >= 0.6 is 0 Å². The summed E-state index contributed by atoms with van der Waals surface area (Å²) in [5.41, 5.74) is 2.92. The van der Waals surface area contributed by atoms with Crippen molar-refractivity contribution in [3.8, 4) is 5.69 Å². The van der Waals surface area contributed by atoms with E-state index in [1.807, 2.05) is 30.3 Å². The second-order valence-electron chi connectivity index (χ2n) is 6.97. The molecule has 28 heavy (non-hydrogen) atoms. The van der Waals surface area contributed by atoms with Crippen molar-refractivity contribution in [3.63, 3.8) is 0 Å². The highest BCUT2D eigenvalue weighted by molar-refractivity contribution is 5.81. The first kappa shape index (κ1) is 16.5. The van der Waals surface area contributed by atoms with Gasteiger partial charge < -0.3 is 10.4 Å². The van der Waals surface area contributed by atoms with Crippen LogP contribution in [0.5, 0.6) is 0 Å². The number of benzene rings is 1. The van der Waals surface area contributed by atoms with E-state index in [0.29, 0.717) is 30.0 Å². The summed E-state index contributed by atoms with van der Waals surface area (Å²) in [6.07, 6.45) is 5.41. The Bertz CT molecular complexity index is 1190. The number of aromatic nitrogens is 6. The van der Waals surface area contributed by atoms with Gasteiger partial charge in [0, 0.05) is 17.6 Å². The lowest BCUT2D eigenvalue weighted by Gasteiger charge is -2.12. The molecule has 3 aromatic heterocycles. The Balaban J connectivity index is 1.47. The minimum Gasteiger partial charge on any atom is -0.481 e. The molecule has 4 aromatic rings. The molecule has 140 valence electrons. The van der Waals surface area contributed by atoms with Crippen LogP contribution in [0.2, 0.25) is 0 Å². The number of rotatable bonds is 4. The van der Waals surface area contributed by atoms with Crippen molar-refractivity contribution >= 4 is 34.0 Å². The Hall–Kier alpha value is -3.62. The number of carboxylic acids is 1. The van der Waals surface area contributed by atoms with Crippen LogP contribution in [0.4, 0.5) is 5.95 Å². The summed E-state index contributed by atoms with van der Waals surface area (Å²) >= 11 is 0. The second-order valence-corrected chi connectivity index (χ2v) is 6.97. The van der Waals surface area contributed by atoms with Gasteiger partial charge in [0.2, 0.25) is 5.95 Å². The molecular formula is C19H17N7O2. The lowest BCUT2D eigenvalue weighted by atomic mass is 10.1. The number of carboxylic acid groups (broad SMARTS) is 1. The number of nitrogens with one attached hydrogen (secondary N) is 1. The highest BCUT2D eigenvalue weighted by atomic mass is 16.4. The predicted molar refractivity (Wildman–Crippen MR) is 102 cm³/mol. The Morgan fingerprint density at radius 1 is 1.18 bits per heavy atom. The van der Waals surface area contributed by atoms with Gasteiger partial charge in [-0.05, 0) is 43.5 Å². The molecule has 0 bridgehead atoms. The molecule has 1 aromatic carbocycles. The zero-order valence-corrected chi connectivity index (χ0v) is 14.9. The van der Waals surface area contributed by atoms with E-state index in [4.69, 9.17) is 5.11 Å². The van der Waals surface area contributed by atoms with Gasteiger partial charge in [-0.1, -0.05) is 11.3 Å². The summed E-state index contributed by atoms with van der Waals surface area (Å²) < 4.78 is 1.67. The molecule has 1 fully saturated rings. The van der Waals surface area contributed by atoms with E-state index in [0.717, 1.165) is 23.0 Å². The normalized spacial score (nSPS) is 19.3. The van der Waals surface area contributed by atoms with Crippen molar-refractivity contribution in [2.75, 3.05) is 5.32 Å². The quantitative estimate of drug-likeness (QED) is 0.558. The van der Waals surface area contributed by atoms with Crippen LogP contribution in [0, 0.1) is 5.92 Å². The first-order valence-electron chi connectivity index (χ1n) is 9.10. The summed E-state index contributed by atoms with van der Waals surface area (Å²) in [6.45, 7) is 0. The molecule has 9 heteroatoms. The summed E-state index contributed by atoms with van der Waals surface area (Å²) in [5.74, 6) is -0.595. The van der Waals surface area contributed by atoms with Crippen molar-refractivity contribution in [3.05, 3.63) is 42.7 Å². The summed E-state index contributed by atoms with van der Waals surface area (Å²) in [7, 11) is 0. The maximum absolute atomic E-state index is 11.2. The zero-order valence-electron chi connectivity index (χ0n) is 14.9. The highest BCUT2D eigenvalue weighted by Gasteiger charge is 2.30. The summed E-state index contributed by atoms with van der Waals surface area (Å²) in [5, 5.41) is 21.8. The van der Waals surface area contributed by atoms with E-state index >= 15 is 0 Å². The van der Waals surface area contributed by atoms with Crippen molar-refractivity contribution < 1.29 is 9.90 Å². The molecule has 1 saturated carbocycles. The molecule has 0 radical (unpaired) electrons. The molecule has 2 atom stereocenters. The number of anilines is 1. The van der Waals surface area contributed by atoms with Gasteiger partial charge >= 0.3 is 5.97 Å². The smallest absolute Gasteiger partial charge is 0.306 e. The Morgan fingerprint density at radius 2 is 2.11 bits per heavy atom. The largest absolute Gasteiger partial charge is 0.481 e. The molecule has 2 N–H and O–H groups in total. The van der Waals surface area contributed by atoms with Gasteiger partial charge in [-0.25, -0.2) is 4.98 Å². The number of pyridine rings is 1. The molecular weight excluding hydrogens is 358 g/mol. The van der Waals surface area contributed by atoms with Crippen LogP contribution in [0.3, 0.4) is 0 Å². The van der Waals surface area contributed by atoms with Crippen LogP contribution in [-0.2, 0) is 4.79 Å². The molecule has 3 heterocycles. The van der Waals surface area contributed by atoms with E-state index in [1.165, 1.54) is 0 Å². The fourth-order valence-electron chi connectivity index (χ4n) is 3.69. The fraction of sp³-hybridized carbons (Fsp3) is 0.263. The molecule has 0 aliphatic heterocycles. The number of carbonyl (C=O) groups is 1.